The Morgan fingerprint density at radius 1 is 1.00 bits per heavy atom. The zero-order valence-corrected chi connectivity index (χ0v) is 10.7. The van der Waals surface area contributed by atoms with Gasteiger partial charge in [-0.3, -0.25) is 0 Å². The molecule has 0 fully saturated rings. The van der Waals surface area contributed by atoms with E-state index in [0.717, 1.165) is 5.56 Å². The maximum Gasteiger partial charge on any atom is 0.150 e. The predicted molar refractivity (Wildman–Crippen MR) is 72.1 cm³/mol. The van der Waals surface area contributed by atoms with Crippen LogP contribution in [-0.4, -0.2) is 0 Å². The van der Waals surface area contributed by atoms with Gasteiger partial charge in [0.1, 0.15) is 11.5 Å². The van der Waals surface area contributed by atoms with Crippen LogP contribution >= 0.6 is 23.2 Å². The molecule has 2 rings (SSSR count). The van der Waals surface area contributed by atoms with Crippen LogP contribution in [-0.2, 0) is 0 Å². The Balaban J connectivity index is 2.34. The van der Waals surface area contributed by atoms with E-state index in [1.165, 1.54) is 0 Å². The highest BCUT2D eigenvalue weighted by atomic mass is 35.5. The minimum absolute atomic E-state index is 0.495. The van der Waals surface area contributed by atoms with E-state index < -0.39 is 0 Å². The molecule has 88 valence electrons. The van der Waals surface area contributed by atoms with Crippen LogP contribution < -0.4 is 10.5 Å². The molecule has 0 heterocycles. The lowest BCUT2D eigenvalue weighted by Gasteiger charge is -2.10. The molecule has 0 spiro atoms. The molecule has 0 bridgehead atoms. The SMILES string of the molecule is Cc1ccc(Oc2cc(Cl)ccc2Cl)c(N)c1. The first-order chi connectivity index (χ1) is 8.06. The highest BCUT2D eigenvalue weighted by molar-refractivity contribution is 6.34. The van der Waals surface area contributed by atoms with Crippen LogP contribution in [0.25, 0.3) is 0 Å². The number of halogens is 2. The molecule has 0 amide bonds. The molecule has 0 aliphatic rings. The minimum Gasteiger partial charge on any atom is -0.454 e. The second-order valence-corrected chi connectivity index (χ2v) is 4.56. The third-order valence-electron chi connectivity index (χ3n) is 2.28. The number of hydrogen-bond donors (Lipinski definition) is 1. The van der Waals surface area contributed by atoms with Crippen molar-refractivity contribution in [2.45, 2.75) is 6.92 Å². The molecular formula is C13H11Cl2NO. The van der Waals surface area contributed by atoms with Gasteiger partial charge in [-0.2, -0.15) is 0 Å². The smallest absolute Gasteiger partial charge is 0.150 e. The van der Waals surface area contributed by atoms with Crippen LogP contribution in [0.5, 0.6) is 11.5 Å². The number of aryl methyl sites for hydroxylation is 1. The Morgan fingerprint density at radius 2 is 1.76 bits per heavy atom. The summed E-state index contributed by atoms with van der Waals surface area (Å²) in [5, 5.41) is 1.06. The molecular weight excluding hydrogens is 257 g/mol. The van der Waals surface area contributed by atoms with Crippen LogP contribution in [0.3, 0.4) is 0 Å². The largest absolute Gasteiger partial charge is 0.454 e. The third-order valence-corrected chi connectivity index (χ3v) is 2.83. The first kappa shape index (κ1) is 12.1. The van der Waals surface area contributed by atoms with Gasteiger partial charge in [0, 0.05) is 11.1 Å². The molecule has 4 heteroatoms. The van der Waals surface area contributed by atoms with Crippen molar-refractivity contribution < 1.29 is 4.74 Å². The van der Waals surface area contributed by atoms with E-state index in [9.17, 15) is 0 Å². The number of nitrogens with two attached hydrogens (primary N) is 1. The fraction of sp³-hybridized carbons (Fsp3) is 0.0769. The summed E-state index contributed by atoms with van der Waals surface area (Å²) in [6.07, 6.45) is 0. The Kier molecular flexibility index (Phi) is 3.46. The molecule has 2 nitrogen and oxygen atoms in total. The van der Waals surface area contributed by atoms with E-state index in [4.69, 9.17) is 33.7 Å². The van der Waals surface area contributed by atoms with Gasteiger partial charge < -0.3 is 10.5 Å². The molecule has 0 aliphatic heterocycles. The van der Waals surface area contributed by atoms with Gasteiger partial charge in [0.15, 0.2) is 0 Å². The monoisotopic (exact) mass is 267 g/mol. The van der Waals surface area contributed by atoms with E-state index in [1.54, 1.807) is 18.2 Å². The number of anilines is 1. The summed E-state index contributed by atoms with van der Waals surface area (Å²) in [4.78, 5) is 0. The molecule has 0 aromatic heterocycles. The minimum atomic E-state index is 0.495. The van der Waals surface area contributed by atoms with Crippen molar-refractivity contribution in [1.82, 2.24) is 0 Å². The van der Waals surface area contributed by atoms with Gasteiger partial charge in [0.2, 0.25) is 0 Å². The molecule has 0 atom stereocenters. The third kappa shape index (κ3) is 2.84. The van der Waals surface area contributed by atoms with Gasteiger partial charge in [-0.25, -0.2) is 0 Å². The lowest BCUT2D eigenvalue weighted by atomic mass is 10.2. The fourth-order valence-corrected chi connectivity index (χ4v) is 1.75. The van der Waals surface area contributed by atoms with E-state index in [2.05, 4.69) is 0 Å². The second kappa shape index (κ2) is 4.86. The number of rotatable bonds is 2. The number of benzene rings is 2. The van der Waals surface area contributed by atoms with Crippen LogP contribution in [0.1, 0.15) is 5.56 Å². The summed E-state index contributed by atoms with van der Waals surface area (Å²) in [7, 11) is 0. The average Bonchev–Trinajstić information content (AvgIpc) is 2.27. The van der Waals surface area contributed by atoms with E-state index >= 15 is 0 Å². The van der Waals surface area contributed by atoms with Crippen molar-refractivity contribution in [3.63, 3.8) is 0 Å². The van der Waals surface area contributed by atoms with Crippen molar-refractivity contribution in [2.75, 3.05) is 5.73 Å². The zero-order chi connectivity index (χ0) is 12.4. The van der Waals surface area contributed by atoms with Crippen LogP contribution in [0.15, 0.2) is 36.4 Å². The van der Waals surface area contributed by atoms with Gasteiger partial charge in [0.25, 0.3) is 0 Å². The molecule has 2 aromatic carbocycles. The molecule has 2 N–H and O–H groups in total. The summed E-state index contributed by atoms with van der Waals surface area (Å²) in [5.74, 6) is 1.06. The normalized spacial score (nSPS) is 10.3. The van der Waals surface area contributed by atoms with Crippen LogP contribution in [0.4, 0.5) is 5.69 Å². The van der Waals surface area contributed by atoms with Crippen molar-refractivity contribution in [1.29, 1.82) is 0 Å². The van der Waals surface area contributed by atoms with Gasteiger partial charge in [-0.15, -0.1) is 0 Å². The first-order valence-corrected chi connectivity index (χ1v) is 5.81. The van der Waals surface area contributed by atoms with Gasteiger partial charge in [0.05, 0.1) is 10.7 Å². The summed E-state index contributed by atoms with van der Waals surface area (Å²) < 4.78 is 5.63. The molecule has 0 aliphatic carbocycles. The maximum absolute atomic E-state index is 6.01. The Bertz CT molecular complexity index is 555. The summed E-state index contributed by atoms with van der Waals surface area (Å²) in [5.41, 5.74) is 7.50. The molecule has 0 unspecified atom stereocenters. The van der Waals surface area contributed by atoms with Crippen LogP contribution in [0, 0.1) is 6.92 Å². The van der Waals surface area contributed by atoms with E-state index in [0.29, 0.717) is 27.2 Å². The highest BCUT2D eigenvalue weighted by Gasteiger charge is 2.06. The average molecular weight is 268 g/mol. The fourth-order valence-electron chi connectivity index (χ4n) is 1.43. The Hall–Kier alpha value is -1.38. The summed E-state index contributed by atoms with van der Waals surface area (Å²) in [6, 6.07) is 10.6. The highest BCUT2D eigenvalue weighted by Crippen LogP contribution is 2.34. The van der Waals surface area contributed by atoms with Crippen molar-refractivity contribution >= 4 is 28.9 Å². The number of ether oxygens (including phenoxy) is 1. The first-order valence-electron chi connectivity index (χ1n) is 5.05. The molecule has 0 radical (unpaired) electrons. The zero-order valence-electron chi connectivity index (χ0n) is 9.21. The second-order valence-electron chi connectivity index (χ2n) is 3.72. The van der Waals surface area contributed by atoms with E-state index in [1.807, 2.05) is 25.1 Å². The number of hydrogen-bond acceptors (Lipinski definition) is 2. The Labute approximate surface area is 110 Å². The molecule has 2 aromatic rings. The molecule has 0 saturated heterocycles. The van der Waals surface area contributed by atoms with Crippen molar-refractivity contribution in [2.24, 2.45) is 0 Å². The lowest BCUT2D eigenvalue weighted by molar-refractivity contribution is 0.485. The lowest BCUT2D eigenvalue weighted by Crippen LogP contribution is -1.93. The predicted octanol–water partition coefficient (Wildman–Crippen LogP) is 4.68. The molecule has 0 saturated carbocycles. The van der Waals surface area contributed by atoms with Gasteiger partial charge in [-0.1, -0.05) is 29.3 Å². The van der Waals surface area contributed by atoms with Crippen LogP contribution in [0.2, 0.25) is 10.0 Å². The van der Waals surface area contributed by atoms with Crippen molar-refractivity contribution in [3.8, 4) is 11.5 Å². The quantitative estimate of drug-likeness (QED) is 0.803. The summed E-state index contributed by atoms with van der Waals surface area (Å²) >= 11 is 11.9. The van der Waals surface area contributed by atoms with Gasteiger partial charge in [-0.05, 0) is 36.8 Å². The van der Waals surface area contributed by atoms with Gasteiger partial charge >= 0.3 is 0 Å². The standard InChI is InChI=1S/C13H11Cl2NO/c1-8-2-5-12(11(16)6-8)17-13-7-9(14)3-4-10(13)15/h2-7H,16H2,1H3. The summed E-state index contributed by atoms with van der Waals surface area (Å²) in [6.45, 7) is 1.96. The number of nitrogen functional groups attached to an aromatic ring is 1. The van der Waals surface area contributed by atoms with E-state index in [-0.39, 0.29) is 0 Å². The van der Waals surface area contributed by atoms with Crippen molar-refractivity contribution in [3.05, 3.63) is 52.0 Å². The topological polar surface area (TPSA) is 35.2 Å². The molecule has 17 heavy (non-hydrogen) atoms. The maximum atomic E-state index is 6.01. The Morgan fingerprint density at radius 3 is 2.47 bits per heavy atom.